The van der Waals surface area contributed by atoms with Gasteiger partial charge in [0.2, 0.25) is 0 Å². The Morgan fingerprint density at radius 1 is 1.33 bits per heavy atom. The molecule has 15 heavy (non-hydrogen) atoms. The van der Waals surface area contributed by atoms with Gasteiger partial charge in [-0.05, 0) is 36.6 Å². The molecule has 2 N–H and O–H groups in total. The van der Waals surface area contributed by atoms with Gasteiger partial charge in [0.05, 0.1) is 0 Å². The van der Waals surface area contributed by atoms with Crippen LogP contribution >= 0.6 is 0 Å². The smallest absolute Gasteiger partial charge is 0.0483 e. The monoisotopic (exact) mass is 202 g/mol. The zero-order valence-corrected chi connectivity index (χ0v) is 9.67. The lowest BCUT2D eigenvalue weighted by Gasteiger charge is -2.01. The molecule has 0 amide bonds. The van der Waals surface area contributed by atoms with Crippen LogP contribution in [0.4, 0.5) is 0 Å². The highest BCUT2D eigenvalue weighted by atomic mass is 15.0. The molecule has 0 spiro atoms. The standard InChI is InChI=1S/C13H18N2/c1-4-10-5-6-12-11(7-10)9(2)13(8-14)15(12)3/h5-7H,4,8,14H2,1-3H3. The molecule has 0 radical (unpaired) electrons. The molecule has 0 unspecified atom stereocenters. The Bertz CT molecular complexity index is 495. The molecule has 0 aliphatic heterocycles. The average Bonchev–Trinajstić information content (AvgIpc) is 2.51. The lowest BCUT2D eigenvalue weighted by molar-refractivity contribution is 0.841. The van der Waals surface area contributed by atoms with Gasteiger partial charge < -0.3 is 10.3 Å². The molecule has 2 aromatic rings. The highest BCUT2D eigenvalue weighted by Crippen LogP contribution is 2.25. The molecule has 1 aromatic heterocycles. The van der Waals surface area contributed by atoms with Crippen molar-refractivity contribution >= 4 is 10.9 Å². The van der Waals surface area contributed by atoms with Gasteiger partial charge in [0.15, 0.2) is 0 Å². The second-order valence-corrected chi connectivity index (χ2v) is 4.04. The van der Waals surface area contributed by atoms with Crippen LogP contribution in [0.25, 0.3) is 10.9 Å². The molecule has 0 saturated heterocycles. The highest BCUT2D eigenvalue weighted by Gasteiger charge is 2.09. The topological polar surface area (TPSA) is 30.9 Å². The van der Waals surface area contributed by atoms with Crippen LogP contribution in [0.5, 0.6) is 0 Å². The number of benzene rings is 1. The average molecular weight is 202 g/mol. The molecule has 0 bridgehead atoms. The van der Waals surface area contributed by atoms with Crippen molar-refractivity contribution in [3.8, 4) is 0 Å². The fourth-order valence-corrected chi connectivity index (χ4v) is 2.24. The summed E-state index contributed by atoms with van der Waals surface area (Å²) < 4.78 is 2.20. The molecule has 2 rings (SSSR count). The molecule has 2 heteroatoms. The van der Waals surface area contributed by atoms with Crippen molar-refractivity contribution in [3.63, 3.8) is 0 Å². The van der Waals surface area contributed by atoms with E-state index in [4.69, 9.17) is 5.73 Å². The summed E-state index contributed by atoms with van der Waals surface area (Å²) in [5.41, 5.74) is 11.0. The predicted octanol–water partition coefficient (Wildman–Crippen LogP) is 2.51. The number of nitrogens with zero attached hydrogens (tertiary/aromatic N) is 1. The maximum absolute atomic E-state index is 5.77. The third-order valence-electron chi connectivity index (χ3n) is 3.27. The molecule has 1 heterocycles. The normalized spacial score (nSPS) is 11.2. The van der Waals surface area contributed by atoms with E-state index in [1.807, 2.05) is 0 Å². The number of nitrogens with two attached hydrogens (primary N) is 1. The van der Waals surface area contributed by atoms with E-state index in [-0.39, 0.29) is 0 Å². The number of rotatable bonds is 2. The van der Waals surface area contributed by atoms with Gasteiger partial charge in [-0.3, -0.25) is 0 Å². The fourth-order valence-electron chi connectivity index (χ4n) is 2.24. The molecule has 0 atom stereocenters. The molecular formula is C13H18N2. The van der Waals surface area contributed by atoms with Crippen molar-refractivity contribution in [2.75, 3.05) is 0 Å². The van der Waals surface area contributed by atoms with Crippen LogP contribution in [0.2, 0.25) is 0 Å². The van der Waals surface area contributed by atoms with E-state index >= 15 is 0 Å². The summed E-state index contributed by atoms with van der Waals surface area (Å²) in [4.78, 5) is 0. The third-order valence-corrected chi connectivity index (χ3v) is 3.27. The summed E-state index contributed by atoms with van der Waals surface area (Å²) in [5.74, 6) is 0. The number of hydrogen-bond acceptors (Lipinski definition) is 1. The summed E-state index contributed by atoms with van der Waals surface area (Å²) >= 11 is 0. The maximum Gasteiger partial charge on any atom is 0.0483 e. The molecule has 0 fully saturated rings. The first-order valence-corrected chi connectivity index (χ1v) is 5.45. The molecule has 0 saturated carbocycles. The fraction of sp³-hybridized carbons (Fsp3) is 0.385. The van der Waals surface area contributed by atoms with Crippen molar-refractivity contribution in [2.24, 2.45) is 12.8 Å². The molecule has 0 aliphatic carbocycles. The summed E-state index contributed by atoms with van der Waals surface area (Å²) in [6, 6.07) is 6.67. The minimum Gasteiger partial charge on any atom is -0.346 e. The van der Waals surface area contributed by atoms with Crippen LogP contribution in [-0.4, -0.2) is 4.57 Å². The van der Waals surface area contributed by atoms with Gasteiger partial charge in [-0.15, -0.1) is 0 Å². The van der Waals surface area contributed by atoms with Crippen molar-refractivity contribution in [2.45, 2.75) is 26.8 Å². The van der Waals surface area contributed by atoms with Gasteiger partial charge in [-0.25, -0.2) is 0 Å². The zero-order valence-electron chi connectivity index (χ0n) is 9.67. The second kappa shape index (κ2) is 3.70. The maximum atomic E-state index is 5.77. The third kappa shape index (κ3) is 1.45. The van der Waals surface area contributed by atoms with Gasteiger partial charge >= 0.3 is 0 Å². The van der Waals surface area contributed by atoms with Crippen LogP contribution < -0.4 is 5.73 Å². The summed E-state index contributed by atoms with van der Waals surface area (Å²) in [6.45, 7) is 4.95. The van der Waals surface area contributed by atoms with Crippen molar-refractivity contribution in [3.05, 3.63) is 35.0 Å². The Hall–Kier alpha value is -1.28. The summed E-state index contributed by atoms with van der Waals surface area (Å²) in [6.07, 6.45) is 1.09. The van der Waals surface area contributed by atoms with Gasteiger partial charge in [0, 0.05) is 30.2 Å². The van der Waals surface area contributed by atoms with Gasteiger partial charge in [-0.2, -0.15) is 0 Å². The van der Waals surface area contributed by atoms with Crippen molar-refractivity contribution < 1.29 is 0 Å². The van der Waals surface area contributed by atoms with Crippen LogP contribution in [0.15, 0.2) is 18.2 Å². The first kappa shape index (κ1) is 10.2. The number of aryl methyl sites for hydroxylation is 3. The second-order valence-electron chi connectivity index (χ2n) is 4.04. The summed E-state index contributed by atoms with van der Waals surface area (Å²) in [7, 11) is 2.09. The van der Waals surface area contributed by atoms with Crippen LogP contribution in [0.1, 0.15) is 23.7 Å². The number of fused-ring (bicyclic) bond motifs is 1. The van der Waals surface area contributed by atoms with E-state index in [0.717, 1.165) is 6.42 Å². The molecule has 1 aromatic carbocycles. The Morgan fingerprint density at radius 3 is 2.67 bits per heavy atom. The van der Waals surface area contributed by atoms with Crippen LogP contribution in [-0.2, 0) is 20.0 Å². The SMILES string of the molecule is CCc1ccc2c(c1)c(C)c(CN)n2C. The Morgan fingerprint density at radius 2 is 2.07 bits per heavy atom. The Balaban J connectivity index is 2.77. The van der Waals surface area contributed by atoms with E-state index in [1.165, 1.54) is 27.7 Å². The van der Waals surface area contributed by atoms with Gasteiger partial charge in [0.1, 0.15) is 0 Å². The van der Waals surface area contributed by atoms with Gasteiger partial charge in [0.25, 0.3) is 0 Å². The molecule has 2 nitrogen and oxygen atoms in total. The largest absolute Gasteiger partial charge is 0.346 e. The van der Waals surface area contributed by atoms with Gasteiger partial charge in [-0.1, -0.05) is 13.0 Å². The first-order chi connectivity index (χ1) is 7.19. The predicted molar refractivity (Wildman–Crippen MR) is 64.9 cm³/mol. The minimum absolute atomic E-state index is 0.610. The summed E-state index contributed by atoms with van der Waals surface area (Å²) in [5, 5.41) is 1.34. The molecule has 80 valence electrons. The number of aromatic nitrogens is 1. The van der Waals surface area contributed by atoms with Crippen molar-refractivity contribution in [1.82, 2.24) is 4.57 Å². The molecular weight excluding hydrogens is 184 g/mol. The van der Waals surface area contributed by atoms with E-state index in [0.29, 0.717) is 6.54 Å². The zero-order chi connectivity index (χ0) is 11.0. The minimum atomic E-state index is 0.610. The first-order valence-electron chi connectivity index (χ1n) is 5.45. The molecule has 0 aliphatic rings. The Labute approximate surface area is 90.7 Å². The van der Waals surface area contributed by atoms with E-state index in [1.54, 1.807) is 0 Å². The lowest BCUT2D eigenvalue weighted by Crippen LogP contribution is -2.04. The van der Waals surface area contributed by atoms with Crippen LogP contribution in [0, 0.1) is 6.92 Å². The van der Waals surface area contributed by atoms with E-state index in [2.05, 4.69) is 43.7 Å². The highest BCUT2D eigenvalue weighted by molar-refractivity contribution is 5.86. The van der Waals surface area contributed by atoms with Crippen LogP contribution in [0.3, 0.4) is 0 Å². The lowest BCUT2D eigenvalue weighted by atomic mass is 10.1. The van der Waals surface area contributed by atoms with E-state index in [9.17, 15) is 0 Å². The Kier molecular flexibility index (Phi) is 2.53. The number of hydrogen-bond donors (Lipinski definition) is 1. The quantitative estimate of drug-likeness (QED) is 0.797. The van der Waals surface area contributed by atoms with Crippen molar-refractivity contribution in [1.29, 1.82) is 0 Å². The van der Waals surface area contributed by atoms with E-state index < -0.39 is 0 Å².